The van der Waals surface area contributed by atoms with Gasteiger partial charge < -0.3 is 14.2 Å². The molecule has 2 rings (SSSR count). The van der Waals surface area contributed by atoms with E-state index in [1.165, 1.54) is 7.11 Å². The fourth-order valence-corrected chi connectivity index (χ4v) is 2.25. The monoisotopic (exact) mass is 276 g/mol. The molecular weight excluding hydrogens is 256 g/mol. The van der Waals surface area contributed by atoms with E-state index in [1.807, 2.05) is 38.1 Å². The number of hydrogen-bond donors (Lipinski definition) is 0. The Balaban J connectivity index is 2.31. The second-order valence-corrected chi connectivity index (χ2v) is 5.28. The van der Waals surface area contributed by atoms with Gasteiger partial charge in [-0.25, -0.2) is 0 Å². The second-order valence-electron chi connectivity index (χ2n) is 5.28. The molecular formula is C16H20O4. The summed E-state index contributed by atoms with van der Waals surface area (Å²) >= 11 is 0. The lowest BCUT2D eigenvalue weighted by molar-refractivity contribution is -0.140. The molecule has 1 aliphatic heterocycles. The number of carbonyl (C=O) groups excluding carboxylic acids is 1. The van der Waals surface area contributed by atoms with Crippen LogP contribution < -0.4 is 9.47 Å². The minimum Gasteiger partial charge on any atom is -0.496 e. The summed E-state index contributed by atoms with van der Waals surface area (Å²) in [6.07, 6.45) is 4.93. The van der Waals surface area contributed by atoms with Crippen molar-refractivity contribution in [1.29, 1.82) is 0 Å². The van der Waals surface area contributed by atoms with Gasteiger partial charge in [0.1, 0.15) is 17.1 Å². The number of hydrogen-bond acceptors (Lipinski definition) is 4. The van der Waals surface area contributed by atoms with Crippen molar-refractivity contribution in [2.45, 2.75) is 32.3 Å². The van der Waals surface area contributed by atoms with Crippen molar-refractivity contribution >= 4 is 12.0 Å². The molecule has 0 spiro atoms. The van der Waals surface area contributed by atoms with E-state index in [1.54, 1.807) is 7.11 Å². The summed E-state index contributed by atoms with van der Waals surface area (Å²) in [5, 5.41) is 0. The molecule has 0 unspecified atom stereocenters. The Morgan fingerprint density at radius 2 is 2.05 bits per heavy atom. The maximum atomic E-state index is 11.3. The van der Waals surface area contributed by atoms with Crippen LogP contribution in [0.1, 0.15) is 31.4 Å². The van der Waals surface area contributed by atoms with Crippen molar-refractivity contribution in [3.63, 3.8) is 0 Å². The van der Waals surface area contributed by atoms with Crippen LogP contribution in [0, 0.1) is 0 Å². The zero-order chi connectivity index (χ0) is 14.8. The molecule has 0 bridgehead atoms. The Morgan fingerprint density at radius 1 is 1.30 bits per heavy atom. The van der Waals surface area contributed by atoms with Crippen molar-refractivity contribution < 1.29 is 19.0 Å². The highest BCUT2D eigenvalue weighted by Gasteiger charge is 2.24. The van der Waals surface area contributed by atoms with Crippen molar-refractivity contribution in [2.75, 3.05) is 14.2 Å². The van der Waals surface area contributed by atoms with Crippen LogP contribution >= 0.6 is 0 Å². The van der Waals surface area contributed by atoms with E-state index in [0.717, 1.165) is 22.6 Å². The largest absolute Gasteiger partial charge is 0.496 e. The summed E-state index contributed by atoms with van der Waals surface area (Å²) in [6, 6.07) is 3.87. The lowest BCUT2D eigenvalue weighted by Crippen LogP contribution is -2.27. The molecule has 4 heteroatoms. The van der Waals surface area contributed by atoms with E-state index in [9.17, 15) is 4.79 Å². The number of methoxy groups -OCH3 is 2. The number of ether oxygens (including phenoxy) is 3. The molecule has 0 amide bonds. The lowest BCUT2D eigenvalue weighted by atomic mass is 9.98. The first kappa shape index (κ1) is 14.4. The van der Waals surface area contributed by atoms with Crippen LogP contribution in [0.25, 0.3) is 6.08 Å². The molecule has 0 saturated carbocycles. The molecule has 20 heavy (non-hydrogen) atoms. The summed E-state index contributed by atoms with van der Waals surface area (Å²) in [5.74, 6) is 1.34. The molecule has 0 aromatic heterocycles. The summed E-state index contributed by atoms with van der Waals surface area (Å²) in [4.78, 5) is 11.3. The number of esters is 1. The zero-order valence-corrected chi connectivity index (χ0v) is 12.4. The molecule has 4 nitrogen and oxygen atoms in total. The fourth-order valence-electron chi connectivity index (χ4n) is 2.25. The first-order valence-electron chi connectivity index (χ1n) is 6.62. The molecule has 0 saturated heterocycles. The van der Waals surface area contributed by atoms with Gasteiger partial charge in [0.2, 0.25) is 0 Å². The second kappa shape index (κ2) is 5.57. The summed E-state index contributed by atoms with van der Waals surface area (Å²) in [5.41, 5.74) is 1.59. The van der Waals surface area contributed by atoms with Gasteiger partial charge in [-0.15, -0.1) is 0 Å². The van der Waals surface area contributed by atoms with Gasteiger partial charge in [0.25, 0.3) is 0 Å². The SMILES string of the molecule is COC(=O)CCc1ccc2c(c1OC)C=CC(C)(C)O2. The van der Waals surface area contributed by atoms with E-state index < -0.39 is 0 Å². The van der Waals surface area contributed by atoms with Crippen LogP contribution in [0.3, 0.4) is 0 Å². The van der Waals surface area contributed by atoms with E-state index in [2.05, 4.69) is 4.74 Å². The van der Waals surface area contributed by atoms with Crippen LogP contribution in [0.15, 0.2) is 18.2 Å². The first-order chi connectivity index (χ1) is 9.46. The van der Waals surface area contributed by atoms with Gasteiger partial charge in [0.15, 0.2) is 0 Å². The predicted octanol–water partition coefficient (Wildman–Crippen LogP) is 2.99. The Hall–Kier alpha value is -1.97. The standard InChI is InChI=1S/C16H20O4/c1-16(2)10-9-12-13(20-16)7-5-11(15(12)19-4)6-8-14(17)18-3/h5,7,9-10H,6,8H2,1-4H3. The minimum atomic E-state index is -0.314. The molecule has 0 aliphatic carbocycles. The smallest absolute Gasteiger partial charge is 0.305 e. The van der Waals surface area contributed by atoms with Crippen LogP contribution in [0.2, 0.25) is 0 Å². The third kappa shape index (κ3) is 2.95. The number of aryl methyl sites for hydroxylation is 1. The third-order valence-corrected chi connectivity index (χ3v) is 3.29. The van der Waals surface area contributed by atoms with Gasteiger partial charge in [-0.1, -0.05) is 6.07 Å². The van der Waals surface area contributed by atoms with E-state index >= 15 is 0 Å². The average Bonchev–Trinajstić information content (AvgIpc) is 2.42. The number of benzene rings is 1. The normalized spacial score (nSPS) is 15.2. The van der Waals surface area contributed by atoms with Gasteiger partial charge in [-0.3, -0.25) is 4.79 Å². The molecule has 0 radical (unpaired) electrons. The minimum absolute atomic E-state index is 0.224. The van der Waals surface area contributed by atoms with Gasteiger partial charge >= 0.3 is 5.97 Å². The molecule has 108 valence electrons. The van der Waals surface area contributed by atoms with Gasteiger partial charge in [0, 0.05) is 6.42 Å². The van der Waals surface area contributed by atoms with Crippen molar-refractivity contribution in [2.24, 2.45) is 0 Å². The molecule has 1 aliphatic rings. The molecule has 1 aromatic carbocycles. The maximum Gasteiger partial charge on any atom is 0.305 e. The summed E-state index contributed by atoms with van der Waals surface area (Å²) < 4.78 is 16.1. The van der Waals surface area contributed by atoms with E-state index in [0.29, 0.717) is 12.8 Å². The number of rotatable bonds is 4. The average molecular weight is 276 g/mol. The number of fused-ring (bicyclic) bond motifs is 1. The van der Waals surface area contributed by atoms with Crippen LogP contribution in [0.4, 0.5) is 0 Å². The van der Waals surface area contributed by atoms with Crippen molar-refractivity contribution in [3.05, 3.63) is 29.3 Å². The van der Waals surface area contributed by atoms with Gasteiger partial charge in [0.05, 0.1) is 19.8 Å². The zero-order valence-electron chi connectivity index (χ0n) is 12.4. The Kier molecular flexibility index (Phi) is 4.02. The Morgan fingerprint density at radius 3 is 2.70 bits per heavy atom. The topological polar surface area (TPSA) is 44.8 Å². The van der Waals surface area contributed by atoms with Crippen molar-refractivity contribution in [1.82, 2.24) is 0 Å². The molecule has 0 atom stereocenters. The van der Waals surface area contributed by atoms with Gasteiger partial charge in [-0.2, -0.15) is 0 Å². The third-order valence-electron chi connectivity index (χ3n) is 3.29. The van der Waals surface area contributed by atoms with Crippen LogP contribution in [-0.4, -0.2) is 25.8 Å². The molecule has 0 fully saturated rings. The fraction of sp³-hybridized carbons (Fsp3) is 0.438. The lowest BCUT2D eigenvalue weighted by Gasteiger charge is -2.29. The maximum absolute atomic E-state index is 11.3. The van der Waals surface area contributed by atoms with Crippen LogP contribution in [-0.2, 0) is 16.0 Å². The Bertz CT molecular complexity index is 544. The highest BCUT2D eigenvalue weighted by Crippen LogP contribution is 2.39. The summed E-state index contributed by atoms with van der Waals surface area (Å²) in [6.45, 7) is 4.01. The van der Waals surface area contributed by atoms with Crippen LogP contribution in [0.5, 0.6) is 11.5 Å². The van der Waals surface area contributed by atoms with Gasteiger partial charge in [-0.05, 0) is 44.1 Å². The number of carbonyl (C=O) groups is 1. The molecule has 0 N–H and O–H groups in total. The highest BCUT2D eigenvalue weighted by atomic mass is 16.5. The summed E-state index contributed by atoms with van der Waals surface area (Å²) in [7, 11) is 3.02. The van der Waals surface area contributed by atoms with E-state index in [-0.39, 0.29) is 11.6 Å². The quantitative estimate of drug-likeness (QED) is 0.793. The molecule has 1 heterocycles. The Labute approximate surface area is 119 Å². The van der Waals surface area contributed by atoms with E-state index in [4.69, 9.17) is 9.47 Å². The van der Waals surface area contributed by atoms with Crippen molar-refractivity contribution in [3.8, 4) is 11.5 Å². The predicted molar refractivity (Wildman–Crippen MR) is 77.1 cm³/mol. The molecule has 1 aromatic rings. The first-order valence-corrected chi connectivity index (χ1v) is 6.62. The highest BCUT2D eigenvalue weighted by molar-refractivity contribution is 5.72.